The molecular weight excluding hydrogens is 268 g/mol. The first-order chi connectivity index (χ1) is 5.64. The minimum atomic E-state index is -3.92. The molecule has 0 spiro atoms. The molecule has 1 aromatic heterocycles. The van der Waals surface area contributed by atoms with E-state index in [1.54, 1.807) is 0 Å². The molecule has 1 atom stereocenters. The Morgan fingerprint density at radius 1 is 1.54 bits per heavy atom. The van der Waals surface area contributed by atoms with E-state index < -0.39 is 7.75 Å². The zero-order valence-electron chi connectivity index (χ0n) is 7.01. The summed E-state index contributed by atoms with van der Waals surface area (Å²) in [7, 11) is -2.82. The molecule has 1 N–H and O–H groups in total. The third-order valence-electron chi connectivity index (χ3n) is 1.19. The van der Waals surface area contributed by atoms with Gasteiger partial charge >= 0.3 is 0 Å². The van der Waals surface area contributed by atoms with Gasteiger partial charge in [0.1, 0.15) is 0 Å². The van der Waals surface area contributed by atoms with Crippen molar-refractivity contribution < 1.29 is 46.7 Å². The fraction of sp³-hybridized carbons (Fsp3) is 0.167. The van der Waals surface area contributed by atoms with Crippen molar-refractivity contribution in [2.45, 2.75) is 0 Å². The van der Waals surface area contributed by atoms with Gasteiger partial charge in [-0.05, 0) is 12.1 Å². The Bertz CT molecular complexity index is 295. The molecular formula is C6H8N2O3PY-. The van der Waals surface area contributed by atoms with Gasteiger partial charge in [0.2, 0.25) is 7.75 Å². The molecule has 0 aliphatic rings. The Hall–Kier alpha value is 0.204. The molecule has 1 unspecified atom stereocenters. The van der Waals surface area contributed by atoms with Gasteiger partial charge in [-0.3, -0.25) is 9.55 Å². The summed E-state index contributed by atoms with van der Waals surface area (Å²) in [6.45, 7) is 0. The average molecular weight is 276 g/mol. The first-order valence-corrected chi connectivity index (χ1v) is 4.73. The van der Waals surface area contributed by atoms with E-state index >= 15 is 0 Å². The van der Waals surface area contributed by atoms with Crippen LogP contribution in [0.15, 0.2) is 24.5 Å². The summed E-state index contributed by atoms with van der Waals surface area (Å²) in [5, 5.41) is 2.21. The molecule has 0 saturated heterocycles. The number of rotatable bonds is 3. The Morgan fingerprint density at radius 3 is 2.54 bits per heavy atom. The Morgan fingerprint density at radius 2 is 2.08 bits per heavy atom. The molecule has 7 heteroatoms. The SMILES string of the molecule is COP(=O)([O-])Nc1ccncc1.[Y]. The molecule has 0 aromatic carbocycles. The number of anilines is 1. The monoisotopic (exact) mass is 276 g/mol. The molecule has 1 aromatic rings. The Labute approximate surface area is 101 Å². The van der Waals surface area contributed by atoms with Crippen LogP contribution in [-0.2, 0) is 41.8 Å². The van der Waals surface area contributed by atoms with E-state index in [1.165, 1.54) is 24.5 Å². The maximum atomic E-state index is 10.8. The molecule has 13 heavy (non-hydrogen) atoms. The van der Waals surface area contributed by atoms with Gasteiger partial charge in [-0.1, -0.05) is 0 Å². The van der Waals surface area contributed by atoms with Gasteiger partial charge < -0.3 is 14.5 Å². The fourth-order valence-electron chi connectivity index (χ4n) is 0.630. The van der Waals surface area contributed by atoms with Crippen LogP contribution in [0.2, 0.25) is 0 Å². The van der Waals surface area contributed by atoms with Crippen LogP contribution in [0.25, 0.3) is 0 Å². The number of aromatic nitrogens is 1. The second kappa shape index (κ2) is 5.83. The van der Waals surface area contributed by atoms with Gasteiger partial charge in [-0.25, -0.2) is 0 Å². The summed E-state index contributed by atoms with van der Waals surface area (Å²) >= 11 is 0. The predicted octanol–water partition coefficient (Wildman–Crippen LogP) is 0.606. The van der Waals surface area contributed by atoms with Crippen molar-refractivity contribution in [1.82, 2.24) is 4.98 Å². The van der Waals surface area contributed by atoms with Crippen molar-refractivity contribution in [2.24, 2.45) is 0 Å². The van der Waals surface area contributed by atoms with Crippen LogP contribution >= 0.6 is 7.75 Å². The summed E-state index contributed by atoms with van der Waals surface area (Å²) in [6.07, 6.45) is 2.97. The first kappa shape index (κ1) is 13.2. The molecule has 1 radical (unpaired) electrons. The zero-order chi connectivity index (χ0) is 9.03. The van der Waals surface area contributed by atoms with Crippen LogP contribution in [0.3, 0.4) is 0 Å². The summed E-state index contributed by atoms with van der Waals surface area (Å²) in [4.78, 5) is 14.6. The minimum Gasteiger partial charge on any atom is -0.762 e. The maximum Gasteiger partial charge on any atom is 0.229 e. The summed E-state index contributed by atoms with van der Waals surface area (Å²) in [5.41, 5.74) is 0.435. The van der Waals surface area contributed by atoms with Crippen molar-refractivity contribution in [1.29, 1.82) is 0 Å². The number of hydrogen-bond acceptors (Lipinski definition) is 4. The van der Waals surface area contributed by atoms with Crippen LogP contribution in [0.1, 0.15) is 0 Å². The van der Waals surface area contributed by atoms with Crippen molar-refractivity contribution in [3.8, 4) is 0 Å². The summed E-state index contributed by atoms with van der Waals surface area (Å²) < 4.78 is 15.1. The second-order valence-corrected chi connectivity index (χ2v) is 3.61. The van der Waals surface area contributed by atoms with Crippen LogP contribution < -0.4 is 9.98 Å². The quantitative estimate of drug-likeness (QED) is 0.818. The van der Waals surface area contributed by atoms with Crippen LogP contribution in [-0.4, -0.2) is 12.1 Å². The molecule has 0 aliphatic carbocycles. The van der Waals surface area contributed by atoms with Crippen molar-refractivity contribution >= 4 is 13.4 Å². The smallest absolute Gasteiger partial charge is 0.229 e. The number of pyridine rings is 1. The molecule has 5 nitrogen and oxygen atoms in total. The normalized spacial score (nSPS) is 14.0. The Balaban J connectivity index is 0.00000144. The first-order valence-electron chi connectivity index (χ1n) is 3.19. The average Bonchev–Trinajstić information content (AvgIpc) is 2.06. The molecule has 1 rings (SSSR count). The predicted molar refractivity (Wildman–Crippen MR) is 42.5 cm³/mol. The summed E-state index contributed by atoms with van der Waals surface area (Å²) in [5.74, 6) is 0. The zero-order valence-corrected chi connectivity index (χ0v) is 10.7. The van der Waals surface area contributed by atoms with E-state index in [2.05, 4.69) is 14.6 Å². The molecule has 69 valence electrons. The number of nitrogens with one attached hydrogen (secondary N) is 1. The van der Waals surface area contributed by atoms with Gasteiger partial charge in [0.25, 0.3) is 0 Å². The fourth-order valence-corrected chi connectivity index (χ4v) is 1.19. The van der Waals surface area contributed by atoms with E-state index in [0.29, 0.717) is 5.69 Å². The van der Waals surface area contributed by atoms with E-state index in [-0.39, 0.29) is 32.7 Å². The molecule has 0 amide bonds. The van der Waals surface area contributed by atoms with Crippen LogP contribution in [0.4, 0.5) is 5.69 Å². The van der Waals surface area contributed by atoms with Gasteiger partial charge in [-0.15, -0.1) is 0 Å². The molecule has 0 bridgehead atoms. The van der Waals surface area contributed by atoms with Crippen LogP contribution in [0, 0.1) is 0 Å². The standard InChI is InChI=1S/C6H9N2O3P.Y/c1-11-12(9,10)8-6-2-4-7-5-3-6;/h2-5H,1H3,(H2,7,8,9,10);/p-1. The third kappa shape index (κ3) is 4.84. The van der Waals surface area contributed by atoms with E-state index in [0.717, 1.165) is 7.11 Å². The van der Waals surface area contributed by atoms with E-state index in [1.807, 2.05) is 0 Å². The topological polar surface area (TPSA) is 74.3 Å². The van der Waals surface area contributed by atoms with Gasteiger partial charge in [0.05, 0.1) is 0 Å². The van der Waals surface area contributed by atoms with Crippen molar-refractivity contribution in [2.75, 3.05) is 12.2 Å². The minimum absolute atomic E-state index is 0. The van der Waals surface area contributed by atoms with Crippen LogP contribution in [0.5, 0.6) is 0 Å². The van der Waals surface area contributed by atoms with E-state index in [9.17, 15) is 9.46 Å². The maximum absolute atomic E-state index is 10.8. The number of hydrogen-bond donors (Lipinski definition) is 1. The van der Waals surface area contributed by atoms with Gasteiger partial charge in [-0.2, -0.15) is 0 Å². The van der Waals surface area contributed by atoms with Gasteiger partial charge in [0.15, 0.2) is 0 Å². The van der Waals surface area contributed by atoms with Gasteiger partial charge in [0, 0.05) is 57.9 Å². The summed E-state index contributed by atoms with van der Waals surface area (Å²) in [6, 6.07) is 3.06. The van der Waals surface area contributed by atoms with Crippen molar-refractivity contribution in [3.05, 3.63) is 24.5 Å². The third-order valence-corrected chi connectivity index (χ3v) is 2.20. The molecule has 0 fully saturated rings. The second-order valence-electron chi connectivity index (χ2n) is 2.03. The largest absolute Gasteiger partial charge is 0.762 e. The molecule has 0 aliphatic heterocycles. The van der Waals surface area contributed by atoms with E-state index in [4.69, 9.17) is 0 Å². The molecule has 1 heterocycles. The van der Waals surface area contributed by atoms with Crippen molar-refractivity contribution in [3.63, 3.8) is 0 Å². The number of nitrogens with zero attached hydrogens (tertiary/aromatic N) is 1. The molecule has 0 saturated carbocycles. The Kier molecular flexibility index (Phi) is 5.93.